The van der Waals surface area contributed by atoms with Crippen molar-refractivity contribution in [3.63, 3.8) is 0 Å². The SMILES string of the molecule is CC1CCCN(S(=O)(=O)c2cc(C(=O)N(Cc3ccsc3)C3CC3)ccc2Cl)C1. The van der Waals surface area contributed by atoms with Crippen LogP contribution in [-0.4, -0.2) is 42.7 Å². The van der Waals surface area contributed by atoms with Crippen molar-refractivity contribution >= 4 is 38.9 Å². The highest BCUT2D eigenvalue weighted by molar-refractivity contribution is 7.89. The molecule has 2 aliphatic rings. The van der Waals surface area contributed by atoms with Gasteiger partial charge in [-0.1, -0.05) is 18.5 Å². The van der Waals surface area contributed by atoms with Gasteiger partial charge in [0.15, 0.2) is 0 Å². The number of hydrogen-bond acceptors (Lipinski definition) is 4. The number of carbonyl (C=O) groups excluding carboxylic acids is 1. The van der Waals surface area contributed by atoms with Gasteiger partial charge in [0.05, 0.1) is 5.02 Å². The Morgan fingerprint density at radius 1 is 1.28 bits per heavy atom. The second-order valence-corrected chi connectivity index (χ2v) is 11.1. The van der Waals surface area contributed by atoms with E-state index >= 15 is 0 Å². The number of rotatable bonds is 6. The molecular weight excluding hydrogens is 428 g/mol. The van der Waals surface area contributed by atoms with E-state index < -0.39 is 10.0 Å². The molecule has 8 heteroatoms. The maximum Gasteiger partial charge on any atom is 0.254 e. The third kappa shape index (κ3) is 4.53. The maximum absolute atomic E-state index is 13.2. The molecule has 0 radical (unpaired) electrons. The normalized spacial score (nSPS) is 20.6. The summed E-state index contributed by atoms with van der Waals surface area (Å²) in [7, 11) is -3.73. The van der Waals surface area contributed by atoms with Crippen LogP contribution in [0.25, 0.3) is 0 Å². The molecule has 1 amide bonds. The number of halogens is 1. The van der Waals surface area contributed by atoms with Gasteiger partial charge in [0.1, 0.15) is 4.90 Å². The lowest BCUT2D eigenvalue weighted by atomic mass is 10.0. The van der Waals surface area contributed by atoms with Crippen molar-refractivity contribution in [2.45, 2.75) is 50.1 Å². The van der Waals surface area contributed by atoms with E-state index in [1.807, 2.05) is 21.7 Å². The van der Waals surface area contributed by atoms with Gasteiger partial charge in [-0.25, -0.2) is 8.42 Å². The van der Waals surface area contributed by atoms with Crippen LogP contribution in [0, 0.1) is 5.92 Å². The van der Waals surface area contributed by atoms with E-state index in [-0.39, 0.29) is 21.9 Å². The third-order valence-corrected chi connectivity index (χ3v) is 8.68. The fourth-order valence-electron chi connectivity index (χ4n) is 3.84. The van der Waals surface area contributed by atoms with Crippen LogP contribution in [0.3, 0.4) is 0 Å². The molecule has 4 rings (SSSR count). The average molecular weight is 453 g/mol. The van der Waals surface area contributed by atoms with Crippen LogP contribution in [-0.2, 0) is 16.6 Å². The molecule has 0 N–H and O–H groups in total. The van der Waals surface area contributed by atoms with Gasteiger partial charge in [0.25, 0.3) is 5.91 Å². The van der Waals surface area contributed by atoms with Crippen LogP contribution < -0.4 is 0 Å². The molecule has 1 aromatic carbocycles. The molecule has 1 saturated carbocycles. The fraction of sp³-hybridized carbons (Fsp3) is 0.476. The predicted molar refractivity (Wildman–Crippen MR) is 116 cm³/mol. The molecule has 1 aliphatic heterocycles. The number of benzene rings is 1. The maximum atomic E-state index is 13.2. The molecule has 2 fully saturated rings. The first-order valence-corrected chi connectivity index (χ1v) is 12.7. The summed E-state index contributed by atoms with van der Waals surface area (Å²) in [5.74, 6) is 0.178. The lowest BCUT2D eigenvalue weighted by Gasteiger charge is -2.30. The number of nitrogens with zero attached hydrogens (tertiary/aromatic N) is 2. The summed E-state index contributed by atoms with van der Waals surface area (Å²) in [6.07, 6.45) is 3.84. The molecule has 2 heterocycles. The summed E-state index contributed by atoms with van der Waals surface area (Å²) in [4.78, 5) is 15.1. The van der Waals surface area contributed by atoms with Crippen molar-refractivity contribution in [2.24, 2.45) is 5.92 Å². The molecule has 29 heavy (non-hydrogen) atoms. The summed E-state index contributed by atoms with van der Waals surface area (Å²) < 4.78 is 27.9. The minimum absolute atomic E-state index is 0.0328. The average Bonchev–Trinajstić information content (AvgIpc) is 3.41. The van der Waals surface area contributed by atoms with Gasteiger partial charge >= 0.3 is 0 Å². The van der Waals surface area contributed by atoms with Crippen molar-refractivity contribution in [1.82, 2.24) is 9.21 Å². The Labute approximate surface area is 181 Å². The van der Waals surface area contributed by atoms with Crippen LogP contribution in [0.1, 0.15) is 48.5 Å². The fourth-order valence-corrected chi connectivity index (χ4v) is 6.59. The number of hydrogen-bond donors (Lipinski definition) is 0. The zero-order valence-electron chi connectivity index (χ0n) is 16.4. The summed E-state index contributed by atoms with van der Waals surface area (Å²) in [5.41, 5.74) is 1.47. The number of amides is 1. The Hall–Kier alpha value is -1.41. The van der Waals surface area contributed by atoms with Crippen molar-refractivity contribution in [3.05, 3.63) is 51.2 Å². The molecule has 1 aromatic heterocycles. The largest absolute Gasteiger partial charge is 0.331 e. The van der Waals surface area contributed by atoms with Gasteiger partial charge < -0.3 is 4.90 Å². The molecule has 1 atom stereocenters. The van der Waals surface area contributed by atoms with E-state index in [1.54, 1.807) is 17.4 Å². The zero-order valence-corrected chi connectivity index (χ0v) is 18.8. The third-order valence-electron chi connectivity index (χ3n) is 5.60. The van der Waals surface area contributed by atoms with Crippen LogP contribution in [0.5, 0.6) is 0 Å². The topological polar surface area (TPSA) is 57.7 Å². The highest BCUT2D eigenvalue weighted by atomic mass is 35.5. The lowest BCUT2D eigenvalue weighted by Crippen LogP contribution is -2.39. The van der Waals surface area contributed by atoms with Crippen molar-refractivity contribution < 1.29 is 13.2 Å². The van der Waals surface area contributed by atoms with E-state index in [9.17, 15) is 13.2 Å². The summed E-state index contributed by atoms with van der Waals surface area (Å²) in [6, 6.07) is 6.86. The number of thiophene rings is 1. The number of sulfonamides is 1. The van der Waals surface area contributed by atoms with Gasteiger partial charge in [-0.2, -0.15) is 15.6 Å². The van der Waals surface area contributed by atoms with Gasteiger partial charge in [0.2, 0.25) is 10.0 Å². The monoisotopic (exact) mass is 452 g/mol. The zero-order chi connectivity index (χ0) is 20.6. The van der Waals surface area contributed by atoms with E-state index in [0.717, 1.165) is 31.2 Å². The Balaban J connectivity index is 1.62. The summed E-state index contributed by atoms with van der Waals surface area (Å²) >= 11 is 7.89. The first-order chi connectivity index (χ1) is 13.9. The Bertz CT molecular complexity index is 987. The lowest BCUT2D eigenvalue weighted by molar-refractivity contribution is 0.0730. The molecule has 0 bridgehead atoms. The first kappa shape index (κ1) is 20.8. The van der Waals surface area contributed by atoms with Crippen molar-refractivity contribution in [1.29, 1.82) is 0 Å². The van der Waals surface area contributed by atoms with Crippen LogP contribution in [0.15, 0.2) is 39.9 Å². The molecular formula is C21H25ClN2O3S2. The molecule has 1 aliphatic carbocycles. The van der Waals surface area contributed by atoms with Gasteiger partial charge in [-0.05, 0) is 72.2 Å². The Kier molecular flexibility index (Phi) is 6.02. The molecule has 156 valence electrons. The van der Waals surface area contributed by atoms with Crippen LogP contribution >= 0.6 is 22.9 Å². The van der Waals surface area contributed by atoms with Gasteiger partial charge in [-0.3, -0.25) is 4.79 Å². The highest BCUT2D eigenvalue weighted by Crippen LogP contribution is 2.33. The molecule has 5 nitrogen and oxygen atoms in total. The number of carbonyl (C=O) groups is 1. The van der Waals surface area contributed by atoms with Crippen LogP contribution in [0.2, 0.25) is 5.02 Å². The van der Waals surface area contributed by atoms with E-state index in [2.05, 4.69) is 6.92 Å². The Morgan fingerprint density at radius 3 is 2.72 bits per heavy atom. The molecule has 0 spiro atoms. The summed E-state index contributed by atoms with van der Waals surface area (Å²) in [5, 5.41) is 4.20. The standard InChI is InChI=1S/C21H25ClN2O3S2/c1-15-3-2-9-23(12-15)29(26,27)20-11-17(4-7-19(20)22)21(25)24(18-5-6-18)13-16-8-10-28-14-16/h4,7-8,10-11,14-15,18H,2-3,5-6,9,12-13H2,1H3. The first-order valence-electron chi connectivity index (χ1n) is 9.98. The van der Waals surface area contributed by atoms with E-state index in [1.165, 1.54) is 16.4 Å². The minimum Gasteiger partial charge on any atom is -0.331 e. The van der Waals surface area contributed by atoms with Crippen LogP contribution in [0.4, 0.5) is 0 Å². The minimum atomic E-state index is -3.73. The highest BCUT2D eigenvalue weighted by Gasteiger charge is 2.35. The van der Waals surface area contributed by atoms with Crippen molar-refractivity contribution in [3.8, 4) is 0 Å². The second kappa shape index (κ2) is 8.38. The summed E-state index contributed by atoms with van der Waals surface area (Å²) in [6.45, 7) is 3.58. The number of piperidine rings is 1. The van der Waals surface area contributed by atoms with Gasteiger partial charge in [0, 0.05) is 31.2 Å². The van der Waals surface area contributed by atoms with E-state index in [4.69, 9.17) is 11.6 Å². The molecule has 1 unspecified atom stereocenters. The van der Waals surface area contributed by atoms with Gasteiger partial charge in [-0.15, -0.1) is 0 Å². The predicted octanol–water partition coefficient (Wildman–Crippen LogP) is 4.63. The quantitative estimate of drug-likeness (QED) is 0.642. The smallest absolute Gasteiger partial charge is 0.254 e. The molecule has 1 saturated heterocycles. The molecule has 2 aromatic rings. The second-order valence-electron chi connectivity index (χ2n) is 8.05. The van der Waals surface area contributed by atoms with Crippen molar-refractivity contribution in [2.75, 3.05) is 13.1 Å². The van der Waals surface area contributed by atoms with E-state index in [0.29, 0.717) is 31.1 Å². The Morgan fingerprint density at radius 2 is 2.07 bits per heavy atom.